The first-order valence-electron chi connectivity index (χ1n) is 7.53. The van der Waals surface area contributed by atoms with Crippen LogP contribution in [-0.2, 0) is 0 Å². The first kappa shape index (κ1) is 13.6. The van der Waals surface area contributed by atoms with Crippen LogP contribution in [0, 0.1) is 18.3 Å². The Labute approximate surface area is 120 Å². The number of para-hydroxylation sites is 1. The monoisotopic (exact) mass is 272 g/mol. The van der Waals surface area contributed by atoms with Crippen LogP contribution in [0.4, 0.5) is 0 Å². The van der Waals surface area contributed by atoms with Crippen molar-refractivity contribution in [1.82, 2.24) is 4.98 Å². The van der Waals surface area contributed by atoms with E-state index in [0.717, 1.165) is 35.4 Å². The Hall–Kier alpha value is -1.35. The standard InChI is InChI=1S/C17H24N2O/c1-10-6-5-7-14-15(10)20-16(19-14)12-8-9-13(18)11(2)17(12,3)4/h5-7,11-13H,8-9,18H2,1-4H3. The topological polar surface area (TPSA) is 52.0 Å². The highest BCUT2D eigenvalue weighted by Crippen LogP contribution is 2.49. The van der Waals surface area contributed by atoms with E-state index in [2.05, 4.69) is 33.8 Å². The zero-order valence-electron chi connectivity index (χ0n) is 12.8. The molecule has 3 rings (SSSR count). The molecule has 1 aliphatic rings. The van der Waals surface area contributed by atoms with Crippen LogP contribution in [0.25, 0.3) is 11.1 Å². The van der Waals surface area contributed by atoms with Crippen LogP contribution in [0.5, 0.6) is 0 Å². The van der Waals surface area contributed by atoms with Crippen molar-refractivity contribution in [2.24, 2.45) is 17.1 Å². The van der Waals surface area contributed by atoms with Gasteiger partial charge in [-0.25, -0.2) is 4.98 Å². The third kappa shape index (κ3) is 1.96. The molecular weight excluding hydrogens is 248 g/mol. The van der Waals surface area contributed by atoms with Crippen molar-refractivity contribution < 1.29 is 4.42 Å². The van der Waals surface area contributed by atoms with Gasteiger partial charge in [0.05, 0.1) is 0 Å². The molecule has 2 N–H and O–H groups in total. The summed E-state index contributed by atoms with van der Waals surface area (Å²) in [5.74, 6) is 1.71. The lowest BCUT2D eigenvalue weighted by molar-refractivity contribution is 0.0854. The molecule has 1 aliphatic carbocycles. The summed E-state index contributed by atoms with van der Waals surface area (Å²) in [5, 5.41) is 0. The summed E-state index contributed by atoms with van der Waals surface area (Å²) < 4.78 is 6.11. The molecule has 2 aromatic rings. The van der Waals surface area contributed by atoms with E-state index in [0.29, 0.717) is 11.8 Å². The van der Waals surface area contributed by atoms with E-state index in [9.17, 15) is 0 Å². The fourth-order valence-electron chi connectivity index (χ4n) is 3.54. The van der Waals surface area contributed by atoms with Crippen LogP contribution in [-0.4, -0.2) is 11.0 Å². The molecule has 1 fully saturated rings. The van der Waals surface area contributed by atoms with Crippen molar-refractivity contribution in [1.29, 1.82) is 0 Å². The largest absolute Gasteiger partial charge is 0.440 e. The number of benzene rings is 1. The van der Waals surface area contributed by atoms with E-state index >= 15 is 0 Å². The molecule has 108 valence electrons. The predicted octanol–water partition coefficient (Wildman–Crippen LogP) is 4.00. The highest BCUT2D eigenvalue weighted by atomic mass is 16.3. The van der Waals surface area contributed by atoms with E-state index in [1.807, 2.05) is 12.1 Å². The van der Waals surface area contributed by atoms with Gasteiger partial charge in [-0.1, -0.05) is 32.9 Å². The normalized spacial score (nSPS) is 29.8. The van der Waals surface area contributed by atoms with E-state index in [1.54, 1.807) is 0 Å². The molecular formula is C17H24N2O. The maximum Gasteiger partial charge on any atom is 0.199 e. The molecule has 3 unspecified atom stereocenters. The molecule has 0 spiro atoms. The maximum atomic E-state index is 6.24. The molecule has 3 nitrogen and oxygen atoms in total. The van der Waals surface area contributed by atoms with Gasteiger partial charge in [0.15, 0.2) is 11.5 Å². The van der Waals surface area contributed by atoms with Gasteiger partial charge in [-0.05, 0) is 42.7 Å². The van der Waals surface area contributed by atoms with Crippen LogP contribution in [0.1, 0.15) is 51.0 Å². The Balaban J connectivity index is 2.04. The molecule has 20 heavy (non-hydrogen) atoms. The van der Waals surface area contributed by atoms with Crippen molar-refractivity contribution >= 4 is 11.1 Å². The summed E-state index contributed by atoms with van der Waals surface area (Å²) in [6, 6.07) is 6.42. The van der Waals surface area contributed by atoms with Crippen LogP contribution in [0.2, 0.25) is 0 Å². The number of nitrogens with zero attached hydrogens (tertiary/aromatic N) is 1. The molecule has 1 heterocycles. The van der Waals surface area contributed by atoms with Gasteiger partial charge < -0.3 is 10.2 Å². The molecule has 0 aliphatic heterocycles. The highest BCUT2D eigenvalue weighted by Gasteiger charge is 2.44. The minimum atomic E-state index is 0.118. The fourth-order valence-corrected chi connectivity index (χ4v) is 3.54. The van der Waals surface area contributed by atoms with Gasteiger partial charge in [0.1, 0.15) is 5.52 Å². The molecule has 0 saturated heterocycles. The summed E-state index contributed by atoms with van der Waals surface area (Å²) in [6.45, 7) is 8.92. The number of aromatic nitrogens is 1. The first-order valence-corrected chi connectivity index (χ1v) is 7.53. The van der Waals surface area contributed by atoms with Gasteiger partial charge >= 0.3 is 0 Å². The van der Waals surface area contributed by atoms with E-state index < -0.39 is 0 Å². The summed E-state index contributed by atoms with van der Waals surface area (Å²) in [6.07, 6.45) is 2.11. The summed E-state index contributed by atoms with van der Waals surface area (Å²) >= 11 is 0. The predicted molar refractivity (Wildman–Crippen MR) is 81.6 cm³/mol. The molecule has 1 aromatic heterocycles. The van der Waals surface area contributed by atoms with E-state index in [4.69, 9.17) is 15.1 Å². The number of nitrogens with two attached hydrogens (primary N) is 1. The average Bonchev–Trinajstić information content (AvgIpc) is 2.81. The second-order valence-corrected chi connectivity index (χ2v) is 6.88. The van der Waals surface area contributed by atoms with E-state index in [-0.39, 0.29) is 11.5 Å². The van der Waals surface area contributed by atoms with Crippen molar-refractivity contribution in [3.8, 4) is 0 Å². The number of oxazole rings is 1. The number of hydrogen-bond donors (Lipinski definition) is 1. The van der Waals surface area contributed by atoms with Crippen molar-refractivity contribution in [3.63, 3.8) is 0 Å². The van der Waals surface area contributed by atoms with Crippen LogP contribution in [0.15, 0.2) is 22.6 Å². The SMILES string of the molecule is Cc1cccc2nc(C3CCC(N)C(C)C3(C)C)oc12. The zero-order chi connectivity index (χ0) is 14.5. The molecule has 3 atom stereocenters. The quantitative estimate of drug-likeness (QED) is 0.853. The van der Waals surface area contributed by atoms with Crippen molar-refractivity contribution in [2.45, 2.75) is 52.5 Å². The van der Waals surface area contributed by atoms with Gasteiger partial charge in [0, 0.05) is 12.0 Å². The van der Waals surface area contributed by atoms with Gasteiger partial charge in [0.25, 0.3) is 0 Å². The van der Waals surface area contributed by atoms with Gasteiger partial charge in [-0.3, -0.25) is 0 Å². The van der Waals surface area contributed by atoms with Crippen LogP contribution in [0.3, 0.4) is 0 Å². The third-order valence-electron chi connectivity index (χ3n) is 5.43. The maximum absolute atomic E-state index is 6.24. The Morgan fingerprint density at radius 3 is 2.75 bits per heavy atom. The van der Waals surface area contributed by atoms with Gasteiger partial charge in [0.2, 0.25) is 0 Å². The number of rotatable bonds is 1. The lowest BCUT2D eigenvalue weighted by Crippen LogP contribution is -2.45. The second kappa shape index (κ2) is 4.59. The Bertz CT molecular complexity index is 629. The minimum Gasteiger partial charge on any atom is -0.440 e. The Morgan fingerprint density at radius 2 is 2.05 bits per heavy atom. The van der Waals surface area contributed by atoms with Crippen LogP contribution < -0.4 is 5.73 Å². The summed E-state index contributed by atoms with van der Waals surface area (Å²) in [5.41, 5.74) is 9.41. The van der Waals surface area contributed by atoms with E-state index in [1.165, 1.54) is 0 Å². The zero-order valence-corrected chi connectivity index (χ0v) is 12.8. The lowest BCUT2D eigenvalue weighted by atomic mass is 9.61. The smallest absolute Gasteiger partial charge is 0.199 e. The average molecular weight is 272 g/mol. The molecule has 0 radical (unpaired) electrons. The van der Waals surface area contributed by atoms with Gasteiger partial charge in [-0.2, -0.15) is 0 Å². The number of hydrogen-bond acceptors (Lipinski definition) is 3. The van der Waals surface area contributed by atoms with Gasteiger partial charge in [-0.15, -0.1) is 0 Å². The third-order valence-corrected chi connectivity index (χ3v) is 5.43. The van der Waals surface area contributed by atoms with Crippen LogP contribution >= 0.6 is 0 Å². The number of fused-ring (bicyclic) bond motifs is 1. The first-order chi connectivity index (χ1) is 9.41. The Morgan fingerprint density at radius 1 is 1.30 bits per heavy atom. The lowest BCUT2D eigenvalue weighted by Gasteiger charge is -2.45. The Kier molecular flexibility index (Phi) is 3.13. The van der Waals surface area contributed by atoms with Crippen molar-refractivity contribution in [3.05, 3.63) is 29.7 Å². The molecule has 0 amide bonds. The van der Waals surface area contributed by atoms with Crippen molar-refractivity contribution in [2.75, 3.05) is 0 Å². The number of aryl methyl sites for hydroxylation is 1. The minimum absolute atomic E-state index is 0.118. The fraction of sp³-hybridized carbons (Fsp3) is 0.588. The molecule has 0 bridgehead atoms. The highest BCUT2D eigenvalue weighted by molar-refractivity contribution is 5.76. The molecule has 1 aromatic carbocycles. The molecule has 1 saturated carbocycles. The summed E-state index contributed by atoms with van der Waals surface area (Å²) in [4.78, 5) is 4.74. The summed E-state index contributed by atoms with van der Waals surface area (Å²) in [7, 11) is 0. The molecule has 3 heteroatoms. The second-order valence-electron chi connectivity index (χ2n) is 6.88.